The maximum atomic E-state index is 13.4. The first kappa shape index (κ1) is 31.8. The lowest BCUT2D eigenvalue weighted by molar-refractivity contribution is -0.0312. The molecule has 3 aromatic rings. The Morgan fingerprint density at radius 3 is 2.49 bits per heavy atom. The topological polar surface area (TPSA) is 134 Å². The van der Waals surface area contributed by atoms with E-state index in [9.17, 15) is 21.9 Å². The Bertz CT molecular complexity index is 1620. The normalized spacial score (nSPS) is 20.8. The zero-order valence-electron chi connectivity index (χ0n) is 24.6. The first-order valence-corrected chi connectivity index (χ1v) is 17.7. The van der Waals surface area contributed by atoms with Crippen molar-refractivity contribution in [1.82, 2.24) is 14.3 Å². The number of benzene rings is 3. The summed E-state index contributed by atoms with van der Waals surface area (Å²) in [5.74, 6) is 0.361. The van der Waals surface area contributed by atoms with Gasteiger partial charge in [0.25, 0.3) is 0 Å². The molecule has 234 valence electrons. The van der Waals surface area contributed by atoms with Gasteiger partial charge in [-0.15, -0.1) is 0 Å². The van der Waals surface area contributed by atoms with E-state index in [0.29, 0.717) is 49.6 Å². The number of nitrogens with one attached hydrogen (secondary N) is 2. The number of aliphatic hydroxyl groups excluding tert-OH is 1. The van der Waals surface area contributed by atoms with Crippen molar-refractivity contribution in [2.75, 3.05) is 32.8 Å². The lowest BCUT2D eigenvalue weighted by Crippen LogP contribution is -2.47. The number of aliphatic hydroxyl groups is 1. The van der Waals surface area contributed by atoms with Crippen molar-refractivity contribution in [1.29, 1.82) is 0 Å². The zero-order valence-corrected chi connectivity index (χ0v) is 26.2. The number of hydrogen-bond acceptors (Lipinski definition) is 8. The van der Waals surface area contributed by atoms with E-state index >= 15 is 0 Å². The van der Waals surface area contributed by atoms with E-state index in [-0.39, 0.29) is 35.7 Å². The van der Waals surface area contributed by atoms with Gasteiger partial charge in [0, 0.05) is 37.8 Å². The lowest BCUT2D eigenvalue weighted by Gasteiger charge is -2.38. The Hall–Kier alpha value is -2.58. The monoisotopic (exact) mass is 631 g/mol. The molecule has 3 N–H and O–H groups in total. The fraction of sp³-hybridized carbons (Fsp3) is 0.484. The van der Waals surface area contributed by atoms with Gasteiger partial charge in [-0.25, -0.2) is 21.6 Å². The minimum Gasteiger partial charge on any atom is -0.491 e. The molecule has 2 fully saturated rings. The Labute approximate surface area is 254 Å². The summed E-state index contributed by atoms with van der Waals surface area (Å²) < 4.78 is 67.9. The van der Waals surface area contributed by atoms with E-state index in [1.54, 1.807) is 35.5 Å². The van der Waals surface area contributed by atoms with Crippen molar-refractivity contribution in [2.45, 2.75) is 73.1 Å². The Kier molecular flexibility index (Phi) is 9.76. The molecular weight excluding hydrogens is 590 g/mol. The summed E-state index contributed by atoms with van der Waals surface area (Å²) in [5, 5.41) is 15.8. The van der Waals surface area contributed by atoms with Crippen LogP contribution in [0.5, 0.6) is 5.75 Å². The van der Waals surface area contributed by atoms with Crippen molar-refractivity contribution in [3.8, 4) is 5.75 Å². The highest BCUT2D eigenvalue weighted by molar-refractivity contribution is 7.89. The van der Waals surface area contributed by atoms with Gasteiger partial charge >= 0.3 is 0 Å². The van der Waals surface area contributed by atoms with Crippen LogP contribution in [0, 0.1) is 0 Å². The molecule has 1 spiro atoms. The summed E-state index contributed by atoms with van der Waals surface area (Å²) in [6.07, 6.45) is 1.80. The molecule has 10 nitrogen and oxygen atoms in total. The number of ether oxygens (including phenoxy) is 2. The van der Waals surface area contributed by atoms with Gasteiger partial charge in [0.05, 0.1) is 22.0 Å². The van der Waals surface area contributed by atoms with Gasteiger partial charge in [-0.05, 0) is 67.6 Å². The van der Waals surface area contributed by atoms with E-state index in [4.69, 9.17) is 9.47 Å². The third-order valence-electron chi connectivity index (χ3n) is 8.37. The van der Waals surface area contributed by atoms with Crippen LogP contribution in [-0.4, -0.2) is 82.9 Å². The van der Waals surface area contributed by atoms with Gasteiger partial charge < -0.3 is 19.9 Å². The fourth-order valence-corrected chi connectivity index (χ4v) is 8.48. The van der Waals surface area contributed by atoms with Crippen LogP contribution >= 0.6 is 0 Å². The average molecular weight is 632 g/mol. The molecule has 0 aliphatic carbocycles. The molecule has 0 bridgehead atoms. The summed E-state index contributed by atoms with van der Waals surface area (Å²) >= 11 is 0. The minimum atomic E-state index is -3.66. The highest BCUT2D eigenvalue weighted by Gasteiger charge is 2.44. The molecule has 43 heavy (non-hydrogen) atoms. The predicted molar refractivity (Wildman–Crippen MR) is 165 cm³/mol. The van der Waals surface area contributed by atoms with E-state index in [2.05, 4.69) is 10.0 Å². The van der Waals surface area contributed by atoms with Crippen LogP contribution < -0.4 is 14.8 Å². The van der Waals surface area contributed by atoms with E-state index in [1.807, 2.05) is 37.3 Å². The third-order valence-corrected chi connectivity index (χ3v) is 11.9. The van der Waals surface area contributed by atoms with Crippen LogP contribution in [-0.2, 0) is 24.8 Å². The SMILES string of the molecule is CCC(C)NS(=O)(=O)c1cccc(OC[C@@H](O)CNC2COC3(CCN(S(=O)(=O)c4ccc5ccccc5c4)CC3)C2)c1. The second-order valence-corrected chi connectivity index (χ2v) is 15.2. The first-order chi connectivity index (χ1) is 20.5. The van der Waals surface area contributed by atoms with Crippen LogP contribution in [0.1, 0.15) is 39.5 Å². The molecular formula is C31H41N3O7S2. The summed E-state index contributed by atoms with van der Waals surface area (Å²) in [4.78, 5) is 0.420. The van der Waals surface area contributed by atoms with Gasteiger partial charge in [-0.3, -0.25) is 0 Å². The minimum absolute atomic E-state index is 0.00436. The molecule has 0 aromatic heterocycles. The van der Waals surface area contributed by atoms with Crippen molar-refractivity contribution in [3.05, 3.63) is 66.7 Å². The summed E-state index contributed by atoms with van der Waals surface area (Å²) in [5.41, 5.74) is -0.385. The van der Waals surface area contributed by atoms with Crippen LogP contribution in [0.15, 0.2) is 76.5 Å². The van der Waals surface area contributed by atoms with Gasteiger partial charge in [0.1, 0.15) is 18.5 Å². The Morgan fingerprint density at radius 1 is 1.00 bits per heavy atom. The van der Waals surface area contributed by atoms with Crippen LogP contribution in [0.3, 0.4) is 0 Å². The number of piperidine rings is 1. The van der Waals surface area contributed by atoms with Crippen molar-refractivity contribution < 1.29 is 31.4 Å². The summed E-state index contributed by atoms with van der Waals surface area (Å²) in [6.45, 7) is 5.24. The van der Waals surface area contributed by atoms with Crippen LogP contribution in [0.4, 0.5) is 0 Å². The van der Waals surface area contributed by atoms with Crippen LogP contribution in [0.25, 0.3) is 10.8 Å². The quantitative estimate of drug-likeness (QED) is 0.278. The second kappa shape index (κ2) is 13.2. The van der Waals surface area contributed by atoms with Gasteiger partial charge in [-0.1, -0.05) is 43.3 Å². The molecule has 2 saturated heterocycles. The maximum absolute atomic E-state index is 13.4. The molecule has 2 aliphatic heterocycles. The predicted octanol–water partition coefficient (Wildman–Crippen LogP) is 3.26. The third kappa shape index (κ3) is 7.56. The molecule has 2 unspecified atom stereocenters. The van der Waals surface area contributed by atoms with E-state index in [0.717, 1.165) is 17.2 Å². The molecule has 2 aliphatic rings. The lowest BCUT2D eigenvalue weighted by atomic mass is 9.88. The van der Waals surface area contributed by atoms with Gasteiger partial charge in [0.2, 0.25) is 20.0 Å². The van der Waals surface area contributed by atoms with Gasteiger partial charge in [-0.2, -0.15) is 4.31 Å². The average Bonchev–Trinajstić information content (AvgIpc) is 3.40. The standard InChI is InChI=1S/C31H41N3O7S2/c1-3-23(2)33-42(36,37)29-10-6-9-28(18-29)40-22-27(35)20-32-26-19-31(41-21-26)13-15-34(16-14-31)43(38,39)30-12-11-24-7-4-5-8-25(24)17-30/h4-12,17-18,23,26-27,32-33,35H,3,13-16,19-22H2,1-2H3/t23?,26?,27-/m0/s1. The molecule has 3 aromatic carbocycles. The number of sulfonamides is 2. The largest absolute Gasteiger partial charge is 0.491 e. The molecule has 0 radical (unpaired) electrons. The van der Waals surface area contributed by atoms with E-state index in [1.165, 1.54) is 12.1 Å². The van der Waals surface area contributed by atoms with Crippen molar-refractivity contribution in [2.24, 2.45) is 0 Å². The Balaban J connectivity index is 1.08. The molecule has 0 amide bonds. The van der Waals surface area contributed by atoms with Crippen molar-refractivity contribution in [3.63, 3.8) is 0 Å². The number of rotatable bonds is 12. The highest BCUT2D eigenvalue weighted by atomic mass is 32.2. The van der Waals surface area contributed by atoms with Crippen molar-refractivity contribution >= 4 is 30.8 Å². The number of nitrogens with zero attached hydrogens (tertiary/aromatic N) is 1. The molecule has 3 atom stereocenters. The van der Waals surface area contributed by atoms with Crippen LogP contribution in [0.2, 0.25) is 0 Å². The second-order valence-electron chi connectivity index (χ2n) is 11.6. The maximum Gasteiger partial charge on any atom is 0.243 e. The summed E-state index contributed by atoms with van der Waals surface area (Å²) in [7, 11) is -7.26. The molecule has 0 saturated carbocycles. The number of fused-ring (bicyclic) bond motifs is 1. The summed E-state index contributed by atoms with van der Waals surface area (Å²) in [6, 6.07) is 19.0. The van der Waals surface area contributed by atoms with E-state index < -0.39 is 26.2 Å². The smallest absolute Gasteiger partial charge is 0.243 e. The first-order valence-electron chi connectivity index (χ1n) is 14.8. The van der Waals surface area contributed by atoms with Gasteiger partial charge in [0.15, 0.2) is 0 Å². The fourth-order valence-electron chi connectivity index (χ4n) is 5.64. The molecule has 2 heterocycles. The zero-order chi connectivity index (χ0) is 30.7. The highest BCUT2D eigenvalue weighted by Crippen LogP contribution is 2.37. The number of hydrogen-bond donors (Lipinski definition) is 3. The Morgan fingerprint density at radius 2 is 1.74 bits per heavy atom. The molecule has 12 heteroatoms. The molecule has 5 rings (SSSR count).